The van der Waals surface area contributed by atoms with Crippen molar-refractivity contribution in [2.45, 2.75) is 26.3 Å². The topological polar surface area (TPSA) is 15.6 Å². The van der Waals surface area contributed by atoms with Crippen LogP contribution < -0.4 is 0 Å². The maximum Gasteiger partial charge on any atom is 0.0662 e. The van der Waals surface area contributed by atoms with Gasteiger partial charge in [-0.1, -0.05) is 19.6 Å². The molecular weight excluding hydrogens is 184 g/mol. The summed E-state index contributed by atoms with van der Waals surface area (Å²) in [4.78, 5) is 6.57. The third-order valence-electron chi connectivity index (χ3n) is 2.73. The Labute approximate surface area is 93.4 Å². The lowest BCUT2D eigenvalue weighted by atomic mass is 10.2. The molecule has 2 heteroatoms. The first-order valence-corrected chi connectivity index (χ1v) is 5.68. The van der Waals surface area contributed by atoms with Crippen LogP contribution in [0.4, 0.5) is 0 Å². The molecule has 2 rings (SSSR count). The quantitative estimate of drug-likeness (QED) is 0.643. The van der Waals surface area contributed by atoms with E-state index in [0.29, 0.717) is 6.04 Å². The molecule has 0 N–H and O–H groups in total. The zero-order valence-corrected chi connectivity index (χ0v) is 10.1. The van der Waals surface area contributed by atoms with Gasteiger partial charge in [0.25, 0.3) is 0 Å². The third kappa shape index (κ3) is 4.43. The molecule has 0 bridgehead atoms. The monoisotopic (exact) mass is 206 g/mol. The van der Waals surface area contributed by atoms with Gasteiger partial charge in [-0.25, -0.2) is 0 Å². The number of hydrogen-bond acceptors (Lipinski definition) is 2. The van der Waals surface area contributed by atoms with Crippen LogP contribution in [0.3, 0.4) is 0 Å². The SMILES string of the molecule is C=CC1=NC(C)C=C1.CC1CCN(C)C1. The van der Waals surface area contributed by atoms with E-state index in [2.05, 4.69) is 36.5 Å². The van der Waals surface area contributed by atoms with Crippen molar-refractivity contribution >= 4 is 5.71 Å². The summed E-state index contributed by atoms with van der Waals surface area (Å²) in [5.41, 5.74) is 0.998. The fourth-order valence-electron chi connectivity index (χ4n) is 1.84. The van der Waals surface area contributed by atoms with Gasteiger partial charge in [-0.15, -0.1) is 0 Å². The highest BCUT2D eigenvalue weighted by Gasteiger charge is 2.13. The summed E-state index contributed by atoms with van der Waals surface area (Å²) in [7, 11) is 2.18. The lowest BCUT2D eigenvalue weighted by Gasteiger charge is -2.03. The number of hydrogen-bond donors (Lipinski definition) is 0. The highest BCUT2D eigenvalue weighted by molar-refractivity contribution is 6.05. The van der Waals surface area contributed by atoms with E-state index in [0.717, 1.165) is 11.6 Å². The number of nitrogens with zero attached hydrogens (tertiary/aromatic N) is 2. The van der Waals surface area contributed by atoms with Crippen LogP contribution >= 0.6 is 0 Å². The van der Waals surface area contributed by atoms with E-state index >= 15 is 0 Å². The van der Waals surface area contributed by atoms with Crippen molar-refractivity contribution in [1.82, 2.24) is 4.90 Å². The molecule has 1 saturated heterocycles. The molecular formula is C13H22N2. The number of allylic oxidation sites excluding steroid dienone is 2. The normalized spacial score (nSPS) is 29.7. The van der Waals surface area contributed by atoms with E-state index in [9.17, 15) is 0 Å². The lowest BCUT2D eigenvalue weighted by Crippen LogP contribution is -2.12. The van der Waals surface area contributed by atoms with Gasteiger partial charge >= 0.3 is 0 Å². The number of likely N-dealkylation sites (tertiary alicyclic amines) is 1. The fraction of sp³-hybridized carbons (Fsp3) is 0.615. The predicted molar refractivity (Wildman–Crippen MR) is 67.5 cm³/mol. The van der Waals surface area contributed by atoms with Crippen LogP contribution in [0.1, 0.15) is 20.3 Å². The number of rotatable bonds is 1. The average molecular weight is 206 g/mol. The van der Waals surface area contributed by atoms with Crippen molar-refractivity contribution in [2.24, 2.45) is 10.9 Å². The smallest absolute Gasteiger partial charge is 0.0662 e. The standard InChI is InChI=1S/C7H9N.C6H13N/c1-3-7-5-4-6(2)8-7;1-6-3-4-7(2)5-6/h3-6H,1H2,2H3;6H,3-5H2,1-2H3. The van der Waals surface area contributed by atoms with Gasteiger partial charge in [-0.2, -0.15) is 0 Å². The molecule has 2 nitrogen and oxygen atoms in total. The average Bonchev–Trinajstić information content (AvgIpc) is 2.76. The van der Waals surface area contributed by atoms with Gasteiger partial charge in [0.15, 0.2) is 0 Å². The van der Waals surface area contributed by atoms with Gasteiger partial charge < -0.3 is 4.90 Å². The van der Waals surface area contributed by atoms with E-state index in [1.54, 1.807) is 6.08 Å². The Balaban J connectivity index is 0.000000151. The van der Waals surface area contributed by atoms with E-state index in [4.69, 9.17) is 0 Å². The first-order valence-electron chi connectivity index (χ1n) is 5.68. The largest absolute Gasteiger partial charge is 0.306 e. The van der Waals surface area contributed by atoms with Gasteiger partial charge in [0.05, 0.1) is 11.8 Å². The summed E-state index contributed by atoms with van der Waals surface area (Å²) in [6.07, 6.45) is 7.20. The van der Waals surface area contributed by atoms with Crippen LogP contribution in [0.15, 0.2) is 29.8 Å². The fourth-order valence-corrected chi connectivity index (χ4v) is 1.84. The second-order valence-electron chi connectivity index (χ2n) is 4.51. The maximum atomic E-state index is 4.19. The van der Waals surface area contributed by atoms with E-state index in [1.807, 2.05) is 13.0 Å². The minimum atomic E-state index is 0.364. The summed E-state index contributed by atoms with van der Waals surface area (Å²) >= 11 is 0. The van der Waals surface area contributed by atoms with Crippen molar-refractivity contribution in [3.8, 4) is 0 Å². The molecule has 2 heterocycles. The highest BCUT2D eigenvalue weighted by atomic mass is 15.1. The van der Waals surface area contributed by atoms with Crippen LogP contribution in [0.2, 0.25) is 0 Å². The van der Waals surface area contributed by atoms with Crippen LogP contribution in [0.5, 0.6) is 0 Å². The van der Waals surface area contributed by atoms with Crippen LogP contribution in [0.25, 0.3) is 0 Å². The Kier molecular flexibility index (Phi) is 4.76. The van der Waals surface area contributed by atoms with Crippen LogP contribution in [0, 0.1) is 5.92 Å². The molecule has 0 radical (unpaired) electrons. The molecule has 0 aliphatic carbocycles. The summed E-state index contributed by atoms with van der Waals surface area (Å²) in [5.74, 6) is 0.949. The van der Waals surface area contributed by atoms with Crippen LogP contribution in [-0.2, 0) is 0 Å². The molecule has 2 unspecified atom stereocenters. The molecule has 84 valence electrons. The minimum absolute atomic E-state index is 0.364. The maximum absolute atomic E-state index is 4.19. The highest BCUT2D eigenvalue weighted by Crippen LogP contribution is 2.11. The van der Waals surface area contributed by atoms with Crippen molar-refractivity contribution in [1.29, 1.82) is 0 Å². The van der Waals surface area contributed by atoms with Gasteiger partial charge in [0.1, 0.15) is 0 Å². The summed E-state index contributed by atoms with van der Waals surface area (Å²) in [6.45, 7) is 10.6. The Morgan fingerprint density at radius 3 is 2.47 bits per heavy atom. The Morgan fingerprint density at radius 2 is 2.27 bits per heavy atom. The third-order valence-corrected chi connectivity index (χ3v) is 2.73. The van der Waals surface area contributed by atoms with Gasteiger partial charge in [0, 0.05) is 6.54 Å². The second kappa shape index (κ2) is 5.86. The molecule has 0 amide bonds. The molecule has 0 spiro atoms. The Morgan fingerprint density at radius 1 is 1.53 bits per heavy atom. The van der Waals surface area contributed by atoms with Crippen molar-refractivity contribution in [3.63, 3.8) is 0 Å². The Hall–Kier alpha value is -0.890. The molecule has 2 aliphatic heterocycles. The second-order valence-corrected chi connectivity index (χ2v) is 4.51. The molecule has 0 aromatic carbocycles. The van der Waals surface area contributed by atoms with Gasteiger partial charge in [-0.05, 0) is 45.0 Å². The molecule has 0 aromatic rings. The molecule has 0 aromatic heterocycles. The first-order chi connectivity index (χ1) is 7.11. The zero-order chi connectivity index (χ0) is 11.3. The van der Waals surface area contributed by atoms with Gasteiger partial charge in [0.2, 0.25) is 0 Å². The van der Waals surface area contributed by atoms with Gasteiger partial charge in [-0.3, -0.25) is 4.99 Å². The molecule has 0 saturated carbocycles. The summed E-state index contributed by atoms with van der Waals surface area (Å²) in [6, 6.07) is 0.364. The summed E-state index contributed by atoms with van der Waals surface area (Å²) in [5, 5.41) is 0. The first kappa shape index (κ1) is 12.2. The van der Waals surface area contributed by atoms with E-state index < -0.39 is 0 Å². The Bertz CT molecular complexity index is 258. The molecule has 2 aliphatic rings. The predicted octanol–water partition coefficient (Wildman–Crippen LogP) is 2.53. The van der Waals surface area contributed by atoms with Crippen molar-refractivity contribution < 1.29 is 0 Å². The lowest BCUT2D eigenvalue weighted by molar-refractivity contribution is 0.402. The molecule has 1 fully saturated rings. The van der Waals surface area contributed by atoms with Crippen LogP contribution in [-0.4, -0.2) is 36.8 Å². The van der Waals surface area contributed by atoms with Crippen molar-refractivity contribution in [2.75, 3.05) is 20.1 Å². The van der Waals surface area contributed by atoms with E-state index in [1.165, 1.54) is 19.5 Å². The zero-order valence-electron chi connectivity index (χ0n) is 10.1. The van der Waals surface area contributed by atoms with E-state index in [-0.39, 0.29) is 0 Å². The minimum Gasteiger partial charge on any atom is -0.306 e. The molecule has 15 heavy (non-hydrogen) atoms. The summed E-state index contributed by atoms with van der Waals surface area (Å²) < 4.78 is 0. The molecule has 2 atom stereocenters. The number of aliphatic imine (C=N–C) groups is 1. The van der Waals surface area contributed by atoms with Crippen molar-refractivity contribution in [3.05, 3.63) is 24.8 Å².